The minimum atomic E-state index is -0.282. The molecule has 0 amide bonds. The summed E-state index contributed by atoms with van der Waals surface area (Å²) in [5.41, 5.74) is 0.636. The molecular formula is C13H15NO3. The van der Waals surface area contributed by atoms with Crippen LogP contribution in [-0.4, -0.2) is 34.4 Å². The second-order valence-corrected chi connectivity index (χ2v) is 4.64. The number of aliphatic hydroxyl groups excluding tert-OH is 1. The van der Waals surface area contributed by atoms with Gasteiger partial charge in [-0.05, 0) is 25.0 Å². The second kappa shape index (κ2) is 4.04. The molecule has 17 heavy (non-hydrogen) atoms. The third-order valence-electron chi connectivity index (χ3n) is 3.41. The normalized spacial score (nSPS) is 31.6. The summed E-state index contributed by atoms with van der Waals surface area (Å²) in [7, 11) is 0. The Morgan fingerprint density at radius 2 is 2.06 bits per heavy atom. The molecule has 0 aromatic heterocycles. The first kappa shape index (κ1) is 10.6. The number of hydrogen-bond acceptors (Lipinski definition) is 4. The van der Waals surface area contributed by atoms with Gasteiger partial charge in [0, 0.05) is 6.42 Å². The molecule has 1 heterocycles. The number of phenolic OH excluding ortho intramolecular Hbond substituents is 1. The highest BCUT2D eigenvalue weighted by Crippen LogP contribution is 2.32. The fraction of sp³-hybridized carbons (Fsp3) is 0.462. The first-order valence-electron chi connectivity index (χ1n) is 5.95. The van der Waals surface area contributed by atoms with Crippen LogP contribution in [0.2, 0.25) is 0 Å². The van der Waals surface area contributed by atoms with Crippen molar-refractivity contribution < 1.29 is 14.9 Å². The number of aliphatic imine (C=N–C) groups is 1. The number of nitrogens with zero attached hydrogens (tertiary/aromatic N) is 1. The molecule has 1 aliphatic heterocycles. The summed E-state index contributed by atoms with van der Waals surface area (Å²) in [6.07, 6.45) is 1.94. The van der Waals surface area contributed by atoms with Gasteiger partial charge in [-0.25, -0.2) is 4.99 Å². The van der Waals surface area contributed by atoms with Crippen molar-refractivity contribution in [3.05, 3.63) is 29.8 Å². The highest BCUT2D eigenvalue weighted by Gasteiger charge is 2.37. The Labute approximate surface area is 99.6 Å². The van der Waals surface area contributed by atoms with Crippen LogP contribution in [0.25, 0.3) is 0 Å². The van der Waals surface area contributed by atoms with Crippen LogP contribution >= 0.6 is 0 Å². The number of rotatable bonds is 1. The minimum absolute atomic E-state index is 0.0339. The maximum Gasteiger partial charge on any atom is 0.220 e. The lowest BCUT2D eigenvalue weighted by atomic mass is 9.91. The van der Waals surface area contributed by atoms with Gasteiger partial charge in [-0.3, -0.25) is 0 Å². The van der Waals surface area contributed by atoms with Crippen LogP contribution < -0.4 is 0 Å². The number of hydrogen-bond donors (Lipinski definition) is 2. The van der Waals surface area contributed by atoms with Gasteiger partial charge in [-0.2, -0.15) is 0 Å². The SMILES string of the molecule is Oc1ccccc1C1=NC2CCC(O)CC2O1. The molecule has 4 nitrogen and oxygen atoms in total. The molecule has 4 heteroatoms. The van der Waals surface area contributed by atoms with Gasteiger partial charge in [-0.1, -0.05) is 12.1 Å². The topological polar surface area (TPSA) is 62.1 Å². The van der Waals surface area contributed by atoms with Gasteiger partial charge in [0.2, 0.25) is 5.90 Å². The van der Waals surface area contributed by atoms with Crippen molar-refractivity contribution in [2.24, 2.45) is 4.99 Å². The maximum atomic E-state index is 9.75. The van der Waals surface area contributed by atoms with E-state index in [9.17, 15) is 10.2 Å². The lowest BCUT2D eigenvalue weighted by molar-refractivity contribution is 0.0507. The summed E-state index contributed by atoms with van der Waals surface area (Å²) in [6.45, 7) is 0. The number of phenols is 1. The predicted octanol–water partition coefficient (Wildman–Crippen LogP) is 1.45. The van der Waals surface area contributed by atoms with Crippen molar-refractivity contribution in [1.29, 1.82) is 0 Å². The first-order chi connectivity index (χ1) is 8.24. The zero-order chi connectivity index (χ0) is 11.8. The monoisotopic (exact) mass is 233 g/mol. The lowest BCUT2D eigenvalue weighted by Gasteiger charge is -2.26. The molecule has 1 aromatic carbocycles. The molecule has 0 saturated heterocycles. The number of para-hydroxylation sites is 1. The number of aliphatic hydroxyl groups is 1. The molecule has 0 spiro atoms. The second-order valence-electron chi connectivity index (χ2n) is 4.64. The summed E-state index contributed by atoms with van der Waals surface area (Å²) in [5, 5.41) is 19.3. The van der Waals surface area contributed by atoms with Crippen molar-refractivity contribution in [2.45, 2.75) is 37.5 Å². The fourth-order valence-electron chi connectivity index (χ4n) is 2.48. The summed E-state index contributed by atoms with van der Waals surface area (Å²) < 4.78 is 5.73. The van der Waals surface area contributed by atoms with Gasteiger partial charge in [0.25, 0.3) is 0 Å². The van der Waals surface area contributed by atoms with Gasteiger partial charge in [0.15, 0.2) is 0 Å². The van der Waals surface area contributed by atoms with Crippen molar-refractivity contribution in [3.8, 4) is 5.75 Å². The minimum Gasteiger partial charge on any atom is -0.507 e. The van der Waals surface area contributed by atoms with E-state index in [-0.39, 0.29) is 24.0 Å². The smallest absolute Gasteiger partial charge is 0.220 e. The van der Waals surface area contributed by atoms with Gasteiger partial charge in [-0.15, -0.1) is 0 Å². The van der Waals surface area contributed by atoms with Crippen LogP contribution in [0.1, 0.15) is 24.8 Å². The highest BCUT2D eigenvalue weighted by molar-refractivity contribution is 5.97. The largest absolute Gasteiger partial charge is 0.507 e. The average Bonchev–Trinajstić information content (AvgIpc) is 2.72. The molecule has 3 rings (SSSR count). The molecule has 1 saturated carbocycles. The molecular weight excluding hydrogens is 218 g/mol. The van der Waals surface area contributed by atoms with Crippen LogP contribution in [-0.2, 0) is 4.74 Å². The predicted molar refractivity (Wildman–Crippen MR) is 63.2 cm³/mol. The van der Waals surface area contributed by atoms with E-state index in [0.717, 1.165) is 12.8 Å². The van der Waals surface area contributed by atoms with Crippen molar-refractivity contribution in [2.75, 3.05) is 0 Å². The fourth-order valence-corrected chi connectivity index (χ4v) is 2.48. The Balaban J connectivity index is 1.85. The molecule has 2 N–H and O–H groups in total. The quantitative estimate of drug-likeness (QED) is 0.771. The number of ether oxygens (including phenoxy) is 1. The van der Waals surface area contributed by atoms with Gasteiger partial charge >= 0.3 is 0 Å². The van der Waals surface area contributed by atoms with E-state index in [1.165, 1.54) is 0 Å². The summed E-state index contributed by atoms with van der Waals surface area (Å²) >= 11 is 0. The molecule has 0 bridgehead atoms. The molecule has 1 aliphatic carbocycles. The molecule has 3 unspecified atom stereocenters. The highest BCUT2D eigenvalue weighted by atomic mass is 16.5. The van der Waals surface area contributed by atoms with E-state index in [0.29, 0.717) is 17.9 Å². The van der Waals surface area contributed by atoms with Gasteiger partial charge in [0.1, 0.15) is 11.9 Å². The molecule has 1 fully saturated rings. The van der Waals surface area contributed by atoms with E-state index in [1.807, 2.05) is 6.07 Å². The molecule has 2 aliphatic rings. The summed E-state index contributed by atoms with van der Waals surface area (Å²) in [4.78, 5) is 4.50. The van der Waals surface area contributed by atoms with E-state index in [1.54, 1.807) is 18.2 Å². The number of benzene rings is 1. The van der Waals surface area contributed by atoms with E-state index >= 15 is 0 Å². The van der Waals surface area contributed by atoms with Crippen LogP contribution in [0.5, 0.6) is 5.75 Å². The van der Waals surface area contributed by atoms with Crippen molar-refractivity contribution in [3.63, 3.8) is 0 Å². The summed E-state index contributed by atoms with van der Waals surface area (Å²) in [5.74, 6) is 0.692. The van der Waals surface area contributed by atoms with E-state index < -0.39 is 0 Å². The Bertz CT molecular complexity index is 458. The molecule has 0 radical (unpaired) electrons. The maximum absolute atomic E-state index is 9.75. The Morgan fingerprint density at radius 1 is 1.24 bits per heavy atom. The van der Waals surface area contributed by atoms with Gasteiger partial charge < -0.3 is 14.9 Å². The molecule has 1 aromatic rings. The van der Waals surface area contributed by atoms with Crippen molar-refractivity contribution in [1.82, 2.24) is 0 Å². The van der Waals surface area contributed by atoms with E-state index in [2.05, 4.69) is 4.99 Å². The van der Waals surface area contributed by atoms with Crippen LogP contribution in [0.4, 0.5) is 0 Å². The zero-order valence-corrected chi connectivity index (χ0v) is 9.41. The Morgan fingerprint density at radius 3 is 2.88 bits per heavy atom. The third kappa shape index (κ3) is 1.89. The zero-order valence-electron chi connectivity index (χ0n) is 9.41. The molecule has 3 atom stereocenters. The van der Waals surface area contributed by atoms with Gasteiger partial charge in [0.05, 0.1) is 17.7 Å². The first-order valence-corrected chi connectivity index (χ1v) is 5.95. The van der Waals surface area contributed by atoms with Crippen LogP contribution in [0.15, 0.2) is 29.3 Å². The van der Waals surface area contributed by atoms with Crippen molar-refractivity contribution >= 4 is 5.90 Å². The van der Waals surface area contributed by atoms with Crippen LogP contribution in [0, 0.1) is 0 Å². The lowest BCUT2D eigenvalue weighted by Crippen LogP contribution is -2.33. The molecule has 90 valence electrons. The number of aromatic hydroxyl groups is 1. The average molecular weight is 233 g/mol. The van der Waals surface area contributed by atoms with Crippen LogP contribution in [0.3, 0.4) is 0 Å². The number of fused-ring (bicyclic) bond motifs is 1. The third-order valence-corrected chi connectivity index (χ3v) is 3.41. The Kier molecular flexibility index (Phi) is 2.52. The van der Waals surface area contributed by atoms with E-state index in [4.69, 9.17) is 4.74 Å². The standard InChI is InChI=1S/C13H15NO3/c15-8-5-6-10-12(7-8)17-13(14-10)9-3-1-2-4-11(9)16/h1-4,8,10,12,15-16H,5-7H2. The Hall–Kier alpha value is -1.55. The summed E-state index contributed by atoms with van der Waals surface area (Å²) in [6, 6.07) is 7.16.